The number of nitrogens with zero attached hydrogens (tertiary/aromatic N) is 1. The van der Waals surface area contributed by atoms with Crippen LogP contribution in [-0.2, 0) is 11.0 Å². The number of aromatic nitrogens is 1. The van der Waals surface area contributed by atoms with Crippen LogP contribution in [0.2, 0.25) is 5.02 Å². The smallest absolute Gasteiger partial charge is 0.433 e. The highest BCUT2D eigenvalue weighted by Crippen LogP contribution is 2.27. The van der Waals surface area contributed by atoms with Gasteiger partial charge in [0.2, 0.25) is 0 Å². The normalized spacial score (nSPS) is 12.2. The van der Waals surface area contributed by atoms with Crippen molar-refractivity contribution in [2.45, 2.75) is 18.7 Å². The molecular weight excluding hydrogens is 446 g/mol. The van der Waals surface area contributed by atoms with E-state index in [4.69, 9.17) is 16.3 Å². The van der Waals surface area contributed by atoms with Gasteiger partial charge in [-0.2, -0.15) is 13.2 Å². The van der Waals surface area contributed by atoms with Gasteiger partial charge in [0.1, 0.15) is 17.3 Å². The molecule has 0 radical (unpaired) electrons. The molecule has 0 bridgehead atoms. The van der Waals surface area contributed by atoms with Crippen molar-refractivity contribution in [1.29, 1.82) is 0 Å². The molecule has 2 aromatic rings. The van der Waals surface area contributed by atoms with Crippen molar-refractivity contribution in [2.75, 3.05) is 19.7 Å². The maximum absolute atomic E-state index is 13.3. The Bertz CT molecular complexity index is 910. The fraction of sp³-hybridized carbons (Fsp3) is 0.316. The Kier molecular flexibility index (Phi) is 8.57. The minimum absolute atomic E-state index is 0.0655. The number of hydrogen-bond acceptors (Lipinski definition) is 5. The standard InChI is InChI=1S/C19H18ClF4N3O4/c20-14-3-2-13(7-15(14)21)31-10-17(29)25-6-5-12(28)9-27-18(30)11-1-4-16(26-8-11)19(22,23)24/h1-4,7-8,12,28H,5-6,9-10H2,(H,25,29)(H,27,30). The summed E-state index contributed by atoms with van der Waals surface area (Å²) in [5, 5.41) is 14.6. The van der Waals surface area contributed by atoms with Gasteiger partial charge in [-0.3, -0.25) is 14.6 Å². The Balaban J connectivity index is 1.66. The number of carbonyl (C=O) groups is 2. The molecule has 0 saturated carbocycles. The third-order valence-electron chi connectivity index (χ3n) is 3.88. The lowest BCUT2D eigenvalue weighted by molar-refractivity contribution is -0.141. The highest BCUT2D eigenvalue weighted by molar-refractivity contribution is 6.30. The Labute approximate surface area is 179 Å². The van der Waals surface area contributed by atoms with Gasteiger partial charge >= 0.3 is 6.18 Å². The Morgan fingerprint density at radius 1 is 1.19 bits per heavy atom. The molecule has 2 rings (SSSR count). The SMILES string of the molecule is O=C(COc1ccc(Cl)c(F)c1)NCCC(O)CNC(=O)c1ccc(C(F)(F)F)nc1. The molecule has 168 valence electrons. The predicted octanol–water partition coefficient (Wildman–Crippen LogP) is 2.57. The molecule has 0 aliphatic rings. The number of ether oxygens (including phenoxy) is 1. The van der Waals surface area contributed by atoms with Crippen LogP contribution in [0.15, 0.2) is 36.5 Å². The minimum atomic E-state index is -4.61. The van der Waals surface area contributed by atoms with Gasteiger partial charge in [-0.1, -0.05) is 11.6 Å². The second-order valence-corrected chi connectivity index (χ2v) is 6.70. The van der Waals surface area contributed by atoms with Crippen LogP contribution in [0.4, 0.5) is 17.6 Å². The number of rotatable bonds is 9. The van der Waals surface area contributed by atoms with Crippen LogP contribution in [0, 0.1) is 5.82 Å². The van der Waals surface area contributed by atoms with Crippen molar-refractivity contribution in [1.82, 2.24) is 15.6 Å². The van der Waals surface area contributed by atoms with Crippen molar-refractivity contribution in [3.63, 3.8) is 0 Å². The number of aliphatic hydroxyl groups excluding tert-OH is 1. The van der Waals surface area contributed by atoms with Crippen molar-refractivity contribution in [3.8, 4) is 5.75 Å². The van der Waals surface area contributed by atoms with Crippen LogP contribution in [0.1, 0.15) is 22.5 Å². The molecule has 0 aliphatic heterocycles. The zero-order chi connectivity index (χ0) is 23.0. The summed E-state index contributed by atoms with van der Waals surface area (Å²) in [6.45, 7) is -0.499. The number of alkyl halides is 3. The molecule has 3 N–H and O–H groups in total. The second kappa shape index (κ2) is 10.9. The van der Waals surface area contributed by atoms with Gasteiger partial charge in [0.05, 0.1) is 16.7 Å². The number of pyridine rings is 1. The highest BCUT2D eigenvalue weighted by atomic mass is 35.5. The molecule has 31 heavy (non-hydrogen) atoms. The van der Waals surface area contributed by atoms with Gasteiger partial charge < -0.3 is 20.5 Å². The zero-order valence-corrected chi connectivity index (χ0v) is 16.6. The number of amides is 2. The summed E-state index contributed by atoms with van der Waals surface area (Å²) in [5.41, 5.74) is -1.21. The van der Waals surface area contributed by atoms with E-state index >= 15 is 0 Å². The van der Waals surface area contributed by atoms with E-state index in [0.717, 1.165) is 18.3 Å². The van der Waals surface area contributed by atoms with Crippen LogP contribution in [-0.4, -0.2) is 47.7 Å². The quantitative estimate of drug-likeness (QED) is 0.496. The Hall–Kier alpha value is -2.92. The van der Waals surface area contributed by atoms with Crippen molar-refractivity contribution >= 4 is 23.4 Å². The first-order chi connectivity index (χ1) is 14.6. The first-order valence-corrected chi connectivity index (χ1v) is 9.28. The monoisotopic (exact) mass is 463 g/mol. The number of halogens is 5. The lowest BCUT2D eigenvalue weighted by Gasteiger charge is -2.13. The summed E-state index contributed by atoms with van der Waals surface area (Å²) in [4.78, 5) is 26.8. The van der Waals surface area contributed by atoms with Crippen LogP contribution >= 0.6 is 11.6 Å². The predicted molar refractivity (Wildman–Crippen MR) is 102 cm³/mol. The highest BCUT2D eigenvalue weighted by Gasteiger charge is 2.32. The number of benzene rings is 1. The summed E-state index contributed by atoms with van der Waals surface area (Å²) in [6.07, 6.45) is -4.74. The van der Waals surface area contributed by atoms with Crippen molar-refractivity contribution in [2.24, 2.45) is 0 Å². The maximum Gasteiger partial charge on any atom is 0.433 e. The molecule has 0 aliphatic carbocycles. The van der Waals surface area contributed by atoms with E-state index in [0.29, 0.717) is 6.07 Å². The molecule has 1 aromatic carbocycles. The molecule has 1 unspecified atom stereocenters. The van der Waals surface area contributed by atoms with Crippen LogP contribution < -0.4 is 15.4 Å². The summed E-state index contributed by atoms with van der Waals surface area (Å²) >= 11 is 5.54. The van der Waals surface area contributed by atoms with E-state index in [-0.39, 0.29) is 42.5 Å². The summed E-state index contributed by atoms with van der Waals surface area (Å²) in [5.74, 6) is -1.77. The van der Waals surface area contributed by atoms with Crippen LogP contribution in [0.3, 0.4) is 0 Å². The minimum Gasteiger partial charge on any atom is -0.484 e. The number of hydrogen-bond donors (Lipinski definition) is 3. The topological polar surface area (TPSA) is 101 Å². The van der Waals surface area contributed by atoms with Crippen molar-refractivity contribution in [3.05, 3.63) is 58.6 Å². The van der Waals surface area contributed by atoms with E-state index in [2.05, 4.69) is 15.6 Å². The fourth-order valence-electron chi connectivity index (χ4n) is 2.26. The van der Waals surface area contributed by atoms with E-state index in [1.165, 1.54) is 12.1 Å². The largest absolute Gasteiger partial charge is 0.484 e. The summed E-state index contributed by atoms with van der Waals surface area (Å²) in [6, 6.07) is 5.38. The molecule has 0 saturated heterocycles. The second-order valence-electron chi connectivity index (χ2n) is 6.30. The van der Waals surface area contributed by atoms with E-state index in [1.54, 1.807) is 0 Å². The molecular formula is C19H18ClF4N3O4. The third kappa shape index (κ3) is 8.02. The van der Waals surface area contributed by atoms with Gasteiger partial charge in [0, 0.05) is 25.4 Å². The first-order valence-electron chi connectivity index (χ1n) is 8.90. The lowest BCUT2D eigenvalue weighted by atomic mass is 10.2. The summed E-state index contributed by atoms with van der Waals surface area (Å²) < 4.78 is 55.8. The first kappa shape index (κ1) is 24.4. The zero-order valence-electron chi connectivity index (χ0n) is 15.9. The van der Waals surface area contributed by atoms with Gasteiger partial charge in [-0.25, -0.2) is 4.39 Å². The molecule has 1 heterocycles. The summed E-state index contributed by atoms with van der Waals surface area (Å²) in [7, 11) is 0. The maximum atomic E-state index is 13.3. The molecule has 7 nitrogen and oxygen atoms in total. The van der Waals surface area contributed by atoms with Crippen LogP contribution in [0.5, 0.6) is 5.75 Å². The molecule has 12 heteroatoms. The van der Waals surface area contributed by atoms with Gasteiger partial charge in [0.25, 0.3) is 11.8 Å². The molecule has 1 aromatic heterocycles. The lowest BCUT2D eigenvalue weighted by Crippen LogP contribution is -2.36. The van der Waals surface area contributed by atoms with Crippen molar-refractivity contribution < 1.29 is 37.0 Å². The third-order valence-corrected chi connectivity index (χ3v) is 4.18. The average molecular weight is 464 g/mol. The van der Waals surface area contributed by atoms with E-state index in [1.807, 2.05) is 0 Å². The molecule has 0 fully saturated rings. The number of carbonyl (C=O) groups excluding carboxylic acids is 2. The molecule has 2 amide bonds. The van der Waals surface area contributed by atoms with E-state index in [9.17, 15) is 32.3 Å². The fourth-order valence-corrected chi connectivity index (χ4v) is 2.37. The van der Waals surface area contributed by atoms with Gasteiger partial charge in [0.15, 0.2) is 6.61 Å². The Morgan fingerprint density at radius 3 is 2.55 bits per heavy atom. The molecule has 1 atom stereocenters. The number of aliphatic hydroxyl groups is 1. The van der Waals surface area contributed by atoms with E-state index < -0.39 is 35.6 Å². The van der Waals surface area contributed by atoms with Crippen LogP contribution in [0.25, 0.3) is 0 Å². The van der Waals surface area contributed by atoms with Gasteiger partial charge in [-0.05, 0) is 30.7 Å². The molecule has 0 spiro atoms. The van der Waals surface area contributed by atoms with Gasteiger partial charge in [-0.15, -0.1) is 0 Å². The number of nitrogens with one attached hydrogen (secondary N) is 2. The average Bonchev–Trinajstić information content (AvgIpc) is 2.72. The Morgan fingerprint density at radius 2 is 1.94 bits per heavy atom.